The highest BCUT2D eigenvalue weighted by Crippen LogP contribution is 2.16. The lowest BCUT2D eigenvalue weighted by molar-refractivity contribution is -0.145. The summed E-state index contributed by atoms with van der Waals surface area (Å²) in [7, 11) is 0. The summed E-state index contributed by atoms with van der Waals surface area (Å²) < 4.78 is 32.8. The van der Waals surface area contributed by atoms with Crippen LogP contribution in [0.2, 0.25) is 0 Å². The molecule has 1 aromatic carbocycles. The van der Waals surface area contributed by atoms with E-state index in [2.05, 4.69) is 12.2 Å². The number of unbranched alkanes of at least 4 members (excludes halogenated alkanes) is 7. The Labute approximate surface area is 160 Å². The summed E-state index contributed by atoms with van der Waals surface area (Å²) in [5.41, 5.74) is -0.524. The van der Waals surface area contributed by atoms with E-state index in [-0.39, 0.29) is 12.2 Å². The first-order valence-electron chi connectivity index (χ1n) is 9.80. The summed E-state index contributed by atoms with van der Waals surface area (Å²) >= 11 is 0. The minimum absolute atomic E-state index is 0.159. The molecule has 1 unspecified atom stereocenters. The van der Waals surface area contributed by atoms with Crippen molar-refractivity contribution in [2.45, 2.75) is 78.2 Å². The van der Waals surface area contributed by atoms with Crippen LogP contribution in [-0.4, -0.2) is 24.5 Å². The zero-order valence-corrected chi connectivity index (χ0v) is 16.6. The smallest absolute Gasteiger partial charge is 0.328 e. The predicted octanol–water partition coefficient (Wildman–Crippen LogP) is 5.08. The van der Waals surface area contributed by atoms with Crippen LogP contribution in [0, 0.1) is 18.6 Å². The van der Waals surface area contributed by atoms with Gasteiger partial charge < -0.3 is 10.1 Å². The fourth-order valence-corrected chi connectivity index (χ4v) is 2.73. The van der Waals surface area contributed by atoms with Gasteiger partial charge in [0.1, 0.15) is 23.2 Å². The third-order valence-electron chi connectivity index (χ3n) is 4.45. The van der Waals surface area contributed by atoms with Gasteiger partial charge in [0.2, 0.25) is 0 Å². The number of nitrogens with one attached hydrogen (secondary N) is 1. The zero-order valence-electron chi connectivity index (χ0n) is 16.6. The average molecular weight is 383 g/mol. The Balaban J connectivity index is 2.30. The predicted molar refractivity (Wildman–Crippen MR) is 102 cm³/mol. The van der Waals surface area contributed by atoms with Crippen molar-refractivity contribution in [2.24, 2.45) is 0 Å². The van der Waals surface area contributed by atoms with Crippen LogP contribution in [0.15, 0.2) is 12.1 Å². The monoisotopic (exact) mass is 383 g/mol. The molecular formula is C21H31F2NO3. The van der Waals surface area contributed by atoms with Crippen LogP contribution in [0.4, 0.5) is 8.78 Å². The van der Waals surface area contributed by atoms with Crippen LogP contribution in [-0.2, 0) is 9.53 Å². The lowest BCUT2D eigenvalue weighted by Gasteiger charge is -2.14. The molecule has 1 N–H and O–H groups in total. The summed E-state index contributed by atoms with van der Waals surface area (Å²) in [5.74, 6) is -3.47. The van der Waals surface area contributed by atoms with Gasteiger partial charge in [0.15, 0.2) is 0 Å². The van der Waals surface area contributed by atoms with E-state index in [0.29, 0.717) is 0 Å². The fraction of sp³-hybridized carbons (Fsp3) is 0.619. The normalized spacial score (nSPS) is 11.9. The molecule has 0 radical (unpaired) electrons. The minimum atomic E-state index is -0.981. The van der Waals surface area contributed by atoms with E-state index >= 15 is 0 Å². The van der Waals surface area contributed by atoms with E-state index in [1.165, 1.54) is 52.0 Å². The van der Waals surface area contributed by atoms with Gasteiger partial charge in [-0.1, -0.05) is 57.9 Å². The Bertz CT molecular complexity index is 620. The van der Waals surface area contributed by atoms with Crippen molar-refractivity contribution >= 4 is 11.9 Å². The minimum Gasteiger partial charge on any atom is -0.464 e. The second-order valence-corrected chi connectivity index (χ2v) is 6.89. The molecule has 0 saturated carbocycles. The molecule has 0 saturated heterocycles. The molecular weight excluding hydrogens is 352 g/mol. The number of ether oxygens (including phenoxy) is 1. The highest BCUT2D eigenvalue weighted by Gasteiger charge is 2.23. The second-order valence-electron chi connectivity index (χ2n) is 6.89. The Morgan fingerprint density at radius 3 is 2.26 bits per heavy atom. The first-order chi connectivity index (χ1) is 12.9. The van der Waals surface area contributed by atoms with Crippen LogP contribution in [0.3, 0.4) is 0 Å². The molecule has 4 nitrogen and oxygen atoms in total. The second kappa shape index (κ2) is 12.4. The highest BCUT2D eigenvalue weighted by atomic mass is 19.1. The first kappa shape index (κ1) is 23.1. The van der Waals surface area contributed by atoms with Crippen molar-refractivity contribution in [3.8, 4) is 0 Å². The molecule has 1 aromatic rings. The van der Waals surface area contributed by atoms with Crippen molar-refractivity contribution in [1.29, 1.82) is 0 Å². The van der Waals surface area contributed by atoms with Crippen molar-refractivity contribution in [3.05, 3.63) is 34.9 Å². The van der Waals surface area contributed by atoms with Crippen molar-refractivity contribution in [1.82, 2.24) is 5.32 Å². The van der Waals surface area contributed by atoms with Crippen molar-refractivity contribution in [2.75, 3.05) is 6.61 Å². The molecule has 0 fully saturated rings. The number of esters is 1. The maximum absolute atomic E-state index is 14.0. The molecule has 0 aliphatic rings. The third-order valence-corrected chi connectivity index (χ3v) is 4.45. The molecule has 0 aliphatic heterocycles. The van der Waals surface area contributed by atoms with Crippen LogP contribution >= 0.6 is 0 Å². The fourth-order valence-electron chi connectivity index (χ4n) is 2.73. The number of halogens is 2. The Morgan fingerprint density at radius 1 is 1.04 bits per heavy atom. The molecule has 152 valence electrons. The molecule has 1 atom stereocenters. The van der Waals surface area contributed by atoms with E-state index in [1.807, 2.05) is 0 Å². The molecule has 0 aromatic heterocycles. The highest BCUT2D eigenvalue weighted by molar-refractivity contribution is 5.97. The number of amides is 1. The van der Waals surface area contributed by atoms with Gasteiger partial charge >= 0.3 is 5.97 Å². The first-order valence-corrected chi connectivity index (χ1v) is 9.80. The standard InChI is InChI=1S/C21H31F2NO3/c1-4-5-6-7-8-9-10-11-14-27-21(26)16(3)24-20(25)18-17(22)13-12-15(2)19(18)23/h12-13,16H,4-11,14H2,1-3H3,(H,24,25). The van der Waals surface area contributed by atoms with Gasteiger partial charge in [-0.25, -0.2) is 13.6 Å². The summed E-state index contributed by atoms with van der Waals surface area (Å²) in [6.07, 6.45) is 9.06. The quantitative estimate of drug-likeness (QED) is 0.405. The van der Waals surface area contributed by atoms with Crippen LogP contribution in [0.1, 0.15) is 81.1 Å². The van der Waals surface area contributed by atoms with Crippen LogP contribution in [0.5, 0.6) is 0 Å². The van der Waals surface area contributed by atoms with Crippen LogP contribution < -0.4 is 5.32 Å². The van der Waals surface area contributed by atoms with E-state index in [1.54, 1.807) is 0 Å². The molecule has 0 heterocycles. The molecule has 1 amide bonds. The summed E-state index contributed by atoms with van der Waals surface area (Å²) in [4.78, 5) is 24.0. The van der Waals surface area contributed by atoms with Gasteiger partial charge in [-0.05, 0) is 31.9 Å². The molecule has 0 bridgehead atoms. The molecule has 0 aliphatic carbocycles. The van der Waals surface area contributed by atoms with Gasteiger partial charge in [0.05, 0.1) is 6.61 Å². The molecule has 6 heteroatoms. The van der Waals surface area contributed by atoms with E-state index < -0.39 is 35.1 Å². The van der Waals surface area contributed by atoms with Gasteiger partial charge in [-0.2, -0.15) is 0 Å². The van der Waals surface area contributed by atoms with E-state index in [9.17, 15) is 18.4 Å². The summed E-state index contributed by atoms with van der Waals surface area (Å²) in [5, 5.41) is 2.29. The molecule has 27 heavy (non-hydrogen) atoms. The summed E-state index contributed by atoms with van der Waals surface area (Å²) in [6.45, 7) is 5.33. The lowest BCUT2D eigenvalue weighted by atomic mass is 10.1. The number of benzene rings is 1. The topological polar surface area (TPSA) is 55.4 Å². The number of aryl methyl sites for hydroxylation is 1. The van der Waals surface area contributed by atoms with E-state index in [4.69, 9.17) is 4.74 Å². The number of carbonyl (C=O) groups is 2. The largest absolute Gasteiger partial charge is 0.464 e. The van der Waals surface area contributed by atoms with E-state index in [0.717, 1.165) is 25.3 Å². The number of carbonyl (C=O) groups excluding carboxylic acids is 2. The maximum atomic E-state index is 14.0. The van der Waals surface area contributed by atoms with Gasteiger partial charge in [0.25, 0.3) is 5.91 Å². The van der Waals surface area contributed by atoms with Crippen molar-refractivity contribution < 1.29 is 23.1 Å². The van der Waals surface area contributed by atoms with Crippen LogP contribution in [0.25, 0.3) is 0 Å². The SMILES string of the molecule is CCCCCCCCCCOC(=O)C(C)NC(=O)c1c(F)ccc(C)c1F. The van der Waals surface area contributed by atoms with Gasteiger partial charge in [0, 0.05) is 0 Å². The number of hydrogen-bond acceptors (Lipinski definition) is 3. The zero-order chi connectivity index (χ0) is 20.2. The molecule has 1 rings (SSSR count). The number of hydrogen-bond donors (Lipinski definition) is 1. The lowest BCUT2D eigenvalue weighted by Crippen LogP contribution is -2.40. The van der Waals surface area contributed by atoms with Crippen molar-refractivity contribution in [3.63, 3.8) is 0 Å². The maximum Gasteiger partial charge on any atom is 0.328 e. The third kappa shape index (κ3) is 8.06. The Hall–Kier alpha value is -1.98. The Morgan fingerprint density at radius 2 is 1.63 bits per heavy atom. The molecule has 0 spiro atoms. The Kier molecular flexibility index (Phi) is 10.6. The van der Waals surface area contributed by atoms with Gasteiger partial charge in [-0.3, -0.25) is 4.79 Å². The average Bonchev–Trinajstić information content (AvgIpc) is 2.63. The number of rotatable bonds is 12. The van der Waals surface area contributed by atoms with Gasteiger partial charge in [-0.15, -0.1) is 0 Å². The summed E-state index contributed by atoms with van der Waals surface area (Å²) in [6, 6.07) is 1.30.